The molecule has 2 rings (SSSR count). The van der Waals surface area contributed by atoms with Crippen molar-refractivity contribution in [3.63, 3.8) is 0 Å². The zero-order chi connectivity index (χ0) is 13.1. The standard InChI is InChI=1S/C14H16N2O2/c1-10-5-4-6-13(15-10)14(17)16(3)9-12-8-7-11(2)18-12/h4-8H,9H2,1-3H3. The Bertz CT molecular complexity index is 560. The third-order valence-electron chi connectivity index (χ3n) is 2.64. The van der Waals surface area contributed by atoms with Crippen LogP contribution in [0.3, 0.4) is 0 Å². The normalized spacial score (nSPS) is 10.4. The molecule has 94 valence electrons. The van der Waals surface area contributed by atoms with Gasteiger partial charge in [-0.05, 0) is 38.1 Å². The van der Waals surface area contributed by atoms with Crippen LogP contribution in [0.4, 0.5) is 0 Å². The zero-order valence-electron chi connectivity index (χ0n) is 10.8. The Kier molecular flexibility index (Phi) is 3.46. The zero-order valence-corrected chi connectivity index (χ0v) is 10.8. The summed E-state index contributed by atoms with van der Waals surface area (Å²) < 4.78 is 5.45. The number of aromatic nitrogens is 1. The van der Waals surface area contributed by atoms with Crippen LogP contribution in [-0.4, -0.2) is 22.8 Å². The molecule has 4 heteroatoms. The molecule has 0 unspecified atom stereocenters. The summed E-state index contributed by atoms with van der Waals surface area (Å²) in [6, 6.07) is 9.19. The third kappa shape index (κ3) is 2.77. The van der Waals surface area contributed by atoms with Gasteiger partial charge >= 0.3 is 0 Å². The number of furan rings is 1. The van der Waals surface area contributed by atoms with Gasteiger partial charge in [0.25, 0.3) is 5.91 Å². The van der Waals surface area contributed by atoms with Gasteiger partial charge in [0.05, 0.1) is 6.54 Å². The minimum atomic E-state index is -0.104. The monoisotopic (exact) mass is 244 g/mol. The summed E-state index contributed by atoms with van der Waals surface area (Å²) in [6.45, 7) is 4.20. The maximum absolute atomic E-state index is 12.1. The predicted octanol–water partition coefficient (Wildman–Crippen LogP) is 2.56. The lowest BCUT2D eigenvalue weighted by molar-refractivity contribution is 0.0769. The van der Waals surface area contributed by atoms with Crippen molar-refractivity contribution in [2.24, 2.45) is 0 Å². The van der Waals surface area contributed by atoms with Crippen molar-refractivity contribution in [3.8, 4) is 0 Å². The van der Waals surface area contributed by atoms with Gasteiger partial charge in [0.2, 0.25) is 0 Å². The van der Waals surface area contributed by atoms with E-state index in [0.29, 0.717) is 12.2 Å². The van der Waals surface area contributed by atoms with Crippen LogP contribution in [0.5, 0.6) is 0 Å². The summed E-state index contributed by atoms with van der Waals surface area (Å²) in [5, 5.41) is 0. The average Bonchev–Trinajstić information content (AvgIpc) is 2.73. The Hall–Kier alpha value is -2.10. The van der Waals surface area contributed by atoms with Gasteiger partial charge in [-0.2, -0.15) is 0 Å². The quantitative estimate of drug-likeness (QED) is 0.833. The largest absolute Gasteiger partial charge is 0.464 e. The number of hydrogen-bond acceptors (Lipinski definition) is 3. The second-order valence-corrected chi connectivity index (χ2v) is 4.34. The topological polar surface area (TPSA) is 46.3 Å². The van der Waals surface area contributed by atoms with Crippen LogP contribution in [0.1, 0.15) is 27.7 Å². The van der Waals surface area contributed by atoms with E-state index in [1.165, 1.54) is 0 Å². The Morgan fingerprint density at radius 1 is 1.28 bits per heavy atom. The number of amides is 1. The lowest BCUT2D eigenvalue weighted by Crippen LogP contribution is -2.26. The lowest BCUT2D eigenvalue weighted by atomic mass is 10.3. The Balaban J connectivity index is 2.09. The molecule has 0 bridgehead atoms. The van der Waals surface area contributed by atoms with Crippen LogP contribution < -0.4 is 0 Å². The summed E-state index contributed by atoms with van der Waals surface area (Å²) >= 11 is 0. The Morgan fingerprint density at radius 3 is 2.67 bits per heavy atom. The first-order chi connectivity index (χ1) is 8.56. The van der Waals surface area contributed by atoms with E-state index in [9.17, 15) is 4.79 Å². The lowest BCUT2D eigenvalue weighted by Gasteiger charge is -2.15. The first-order valence-electron chi connectivity index (χ1n) is 5.80. The van der Waals surface area contributed by atoms with Gasteiger partial charge in [-0.15, -0.1) is 0 Å². The number of carbonyl (C=O) groups excluding carboxylic acids is 1. The molecule has 4 nitrogen and oxygen atoms in total. The molecular weight excluding hydrogens is 228 g/mol. The van der Waals surface area contributed by atoms with Crippen molar-refractivity contribution in [2.75, 3.05) is 7.05 Å². The molecule has 0 aliphatic rings. The van der Waals surface area contributed by atoms with Crippen molar-refractivity contribution in [1.29, 1.82) is 0 Å². The smallest absolute Gasteiger partial charge is 0.272 e. The molecule has 2 aromatic heterocycles. The van der Waals surface area contributed by atoms with E-state index in [4.69, 9.17) is 4.42 Å². The number of rotatable bonds is 3. The average molecular weight is 244 g/mol. The highest BCUT2D eigenvalue weighted by Crippen LogP contribution is 2.10. The summed E-state index contributed by atoms with van der Waals surface area (Å²) in [7, 11) is 1.74. The first kappa shape index (κ1) is 12.4. The van der Waals surface area contributed by atoms with Crippen LogP contribution >= 0.6 is 0 Å². The highest BCUT2D eigenvalue weighted by molar-refractivity contribution is 5.92. The number of pyridine rings is 1. The van der Waals surface area contributed by atoms with Gasteiger partial charge in [0.15, 0.2) is 0 Å². The molecule has 0 atom stereocenters. The molecule has 0 fully saturated rings. The van der Waals surface area contributed by atoms with Crippen molar-refractivity contribution in [1.82, 2.24) is 9.88 Å². The van der Waals surface area contributed by atoms with Crippen molar-refractivity contribution >= 4 is 5.91 Å². The molecule has 2 aromatic rings. The molecule has 0 saturated carbocycles. The first-order valence-corrected chi connectivity index (χ1v) is 5.80. The van der Waals surface area contributed by atoms with Crippen molar-refractivity contribution < 1.29 is 9.21 Å². The van der Waals surface area contributed by atoms with Gasteiger partial charge < -0.3 is 9.32 Å². The molecule has 0 aromatic carbocycles. The second-order valence-electron chi connectivity index (χ2n) is 4.34. The molecule has 18 heavy (non-hydrogen) atoms. The highest BCUT2D eigenvalue weighted by Gasteiger charge is 2.14. The fourth-order valence-electron chi connectivity index (χ4n) is 1.73. The molecule has 2 heterocycles. The van der Waals surface area contributed by atoms with E-state index >= 15 is 0 Å². The molecule has 0 N–H and O–H groups in total. The summed E-state index contributed by atoms with van der Waals surface area (Å²) in [6.07, 6.45) is 0. The molecule has 0 aliphatic carbocycles. The maximum atomic E-state index is 12.1. The molecule has 0 spiro atoms. The van der Waals surface area contributed by atoms with Crippen molar-refractivity contribution in [2.45, 2.75) is 20.4 Å². The van der Waals surface area contributed by atoms with Crippen LogP contribution in [0, 0.1) is 13.8 Å². The number of carbonyl (C=O) groups is 1. The minimum Gasteiger partial charge on any atom is -0.464 e. The SMILES string of the molecule is Cc1cccc(C(=O)N(C)Cc2ccc(C)o2)n1. The van der Waals surface area contributed by atoms with Crippen LogP contribution in [0.25, 0.3) is 0 Å². The fourth-order valence-corrected chi connectivity index (χ4v) is 1.73. The molecule has 0 saturated heterocycles. The maximum Gasteiger partial charge on any atom is 0.272 e. The Labute approximate surface area is 106 Å². The number of nitrogens with zero attached hydrogens (tertiary/aromatic N) is 2. The Morgan fingerprint density at radius 2 is 2.06 bits per heavy atom. The van der Waals surface area contributed by atoms with Gasteiger partial charge in [0.1, 0.15) is 17.2 Å². The fraction of sp³-hybridized carbons (Fsp3) is 0.286. The van der Waals surface area contributed by atoms with Crippen molar-refractivity contribution in [3.05, 3.63) is 53.2 Å². The van der Waals surface area contributed by atoms with Crippen LogP contribution in [0.15, 0.2) is 34.7 Å². The van der Waals surface area contributed by atoms with E-state index in [1.54, 1.807) is 18.0 Å². The van der Waals surface area contributed by atoms with Gasteiger partial charge in [-0.25, -0.2) is 4.98 Å². The van der Waals surface area contributed by atoms with E-state index in [1.807, 2.05) is 38.1 Å². The van der Waals surface area contributed by atoms with Crippen LogP contribution in [0.2, 0.25) is 0 Å². The third-order valence-corrected chi connectivity index (χ3v) is 2.64. The number of hydrogen-bond donors (Lipinski definition) is 0. The molecular formula is C14H16N2O2. The van der Waals surface area contributed by atoms with Gasteiger partial charge in [-0.1, -0.05) is 6.07 Å². The van der Waals surface area contributed by atoms with Gasteiger partial charge in [0, 0.05) is 12.7 Å². The van der Waals surface area contributed by atoms with E-state index in [2.05, 4.69) is 4.98 Å². The van der Waals surface area contributed by atoms with Gasteiger partial charge in [-0.3, -0.25) is 4.79 Å². The number of aryl methyl sites for hydroxylation is 2. The molecule has 1 amide bonds. The summed E-state index contributed by atoms with van der Waals surface area (Å²) in [5.74, 6) is 1.52. The van der Waals surface area contributed by atoms with E-state index in [0.717, 1.165) is 17.2 Å². The van der Waals surface area contributed by atoms with Crippen LogP contribution in [-0.2, 0) is 6.54 Å². The minimum absolute atomic E-state index is 0.104. The summed E-state index contributed by atoms with van der Waals surface area (Å²) in [5.41, 5.74) is 1.30. The highest BCUT2D eigenvalue weighted by atomic mass is 16.3. The molecule has 0 aliphatic heterocycles. The predicted molar refractivity (Wildman–Crippen MR) is 68.2 cm³/mol. The second kappa shape index (κ2) is 5.04. The molecule has 0 radical (unpaired) electrons. The van der Waals surface area contributed by atoms with E-state index in [-0.39, 0.29) is 5.91 Å². The summed E-state index contributed by atoms with van der Waals surface area (Å²) in [4.78, 5) is 17.9. The van der Waals surface area contributed by atoms with E-state index < -0.39 is 0 Å².